The van der Waals surface area contributed by atoms with Crippen molar-refractivity contribution in [3.05, 3.63) is 127 Å². The van der Waals surface area contributed by atoms with E-state index >= 15 is 0 Å². The molecule has 1 aromatic heterocycles. The van der Waals surface area contributed by atoms with Gasteiger partial charge in [0.15, 0.2) is 0 Å². The molecule has 1 heterocycles. The Balaban J connectivity index is 1.94. The third-order valence-corrected chi connectivity index (χ3v) is 10.9. The van der Waals surface area contributed by atoms with Gasteiger partial charge in [0.2, 0.25) is 0 Å². The molecule has 0 aliphatic heterocycles. The van der Waals surface area contributed by atoms with Gasteiger partial charge in [-0.15, -0.1) is 0 Å². The molecule has 0 spiro atoms. The van der Waals surface area contributed by atoms with Crippen LogP contribution in [-0.4, -0.2) is 40.5 Å². The van der Waals surface area contributed by atoms with Gasteiger partial charge in [-0.2, -0.15) is 0 Å². The Labute approximate surface area is 205 Å². The molecule has 0 saturated carbocycles. The molecule has 0 radical (unpaired) electrons. The van der Waals surface area contributed by atoms with Crippen LogP contribution in [0, 0.1) is 0 Å². The van der Waals surface area contributed by atoms with Gasteiger partial charge in [-0.25, -0.2) is 0 Å². The zero-order chi connectivity index (χ0) is 24.0. The summed E-state index contributed by atoms with van der Waals surface area (Å²) in [5, 5.41) is 0. The SMILES string of the molecule is O=S(=O)(c1ccccc1)N(/C=C(/[Se]c1ccccc1)c1ccccn1)S(=O)(=O)c1ccccc1. The standard InChI is InChI=1S/C25H20N2O4S2Se/c28-32(29,21-12-4-1-5-13-21)27(33(30,31)22-14-6-2-7-15-22)20-25(24-18-10-11-19-26-24)34-23-16-8-3-9-17-23/h1-20H/b25-20+. The van der Waals surface area contributed by atoms with E-state index < -0.39 is 35.0 Å². The predicted molar refractivity (Wildman–Crippen MR) is 133 cm³/mol. The molecule has 0 atom stereocenters. The number of benzene rings is 3. The summed E-state index contributed by atoms with van der Waals surface area (Å²) in [6.07, 6.45) is 2.78. The van der Waals surface area contributed by atoms with Gasteiger partial charge in [-0.05, 0) is 0 Å². The summed E-state index contributed by atoms with van der Waals surface area (Å²) >= 11 is -0.424. The van der Waals surface area contributed by atoms with Crippen molar-refractivity contribution >= 4 is 43.9 Å². The second-order valence-corrected chi connectivity index (χ2v) is 13.2. The Morgan fingerprint density at radius 2 is 1.12 bits per heavy atom. The van der Waals surface area contributed by atoms with Crippen molar-refractivity contribution in [2.24, 2.45) is 0 Å². The molecule has 4 rings (SSSR count). The molecular formula is C25H20N2O4S2Se. The maximum absolute atomic E-state index is 13.7. The van der Waals surface area contributed by atoms with E-state index in [2.05, 4.69) is 4.98 Å². The fourth-order valence-corrected chi connectivity index (χ4v) is 8.73. The fourth-order valence-electron chi connectivity index (χ4n) is 3.03. The van der Waals surface area contributed by atoms with E-state index in [1.54, 1.807) is 60.8 Å². The third-order valence-electron chi connectivity index (χ3n) is 4.67. The summed E-state index contributed by atoms with van der Waals surface area (Å²) < 4.78 is 56.6. The summed E-state index contributed by atoms with van der Waals surface area (Å²) in [5.74, 6) is 0. The first-order valence-corrected chi connectivity index (χ1v) is 14.7. The van der Waals surface area contributed by atoms with E-state index in [1.807, 2.05) is 30.3 Å². The number of aromatic nitrogens is 1. The van der Waals surface area contributed by atoms with Crippen molar-refractivity contribution in [2.75, 3.05) is 0 Å². The van der Waals surface area contributed by atoms with Gasteiger partial charge in [-0.3, -0.25) is 0 Å². The zero-order valence-corrected chi connectivity index (χ0v) is 21.1. The number of pyridine rings is 1. The molecule has 0 bridgehead atoms. The molecule has 34 heavy (non-hydrogen) atoms. The molecule has 0 saturated heterocycles. The van der Waals surface area contributed by atoms with Crippen molar-refractivity contribution in [3.63, 3.8) is 0 Å². The van der Waals surface area contributed by atoms with Crippen LogP contribution in [-0.2, 0) is 20.0 Å². The summed E-state index contributed by atoms with van der Waals surface area (Å²) in [4.78, 5) is 4.12. The first kappa shape index (κ1) is 23.9. The predicted octanol–water partition coefficient (Wildman–Crippen LogP) is 3.49. The van der Waals surface area contributed by atoms with E-state index in [4.69, 9.17) is 0 Å². The van der Waals surface area contributed by atoms with Crippen molar-refractivity contribution in [1.29, 1.82) is 0 Å². The molecule has 9 heteroatoms. The minimum atomic E-state index is -4.45. The van der Waals surface area contributed by atoms with Gasteiger partial charge in [0.05, 0.1) is 0 Å². The van der Waals surface area contributed by atoms with Gasteiger partial charge in [-0.1, -0.05) is 0 Å². The van der Waals surface area contributed by atoms with Crippen LogP contribution in [0.1, 0.15) is 5.69 Å². The molecule has 0 N–H and O–H groups in total. The zero-order valence-electron chi connectivity index (χ0n) is 17.8. The van der Waals surface area contributed by atoms with E-state index in [0.717, 1.165) is 4.46 Å². The molecule has 0 fully saturated rings. The Morgan fingerprint density at radius 1 is 0.647 bits per heavy atom. The van der Waals surface area contributed by atoms with Crippen LogP contribution in [0.4, 0.5) is 0 Å². The average Bonchev–Trinajstić information content (AvgIpc) is 2.88. The van der Waals surface area contributed by atoms with Crippen LogP contribution >= 0.6 is 0 Å². The Hall–Kier alpha value is -3.23. The third kappa shape index (κ3) is 5.29. The summed E-state index contributed by atoms with van der Waals surface area (Å²) in [5.41, 5.74) is 0.503. The Morgan fingerprint density at radius 3 is 1.59 bits per heavy atom. The molecule has 0 unspecified atom stereocenters. The van der Waals surface area contributed by atoms with Crippen LogP contribution in [0.2, 0.25) is 0 Å². The fraction of sp³-hybridized carbons (Fsp3) is 0. The van der Waals surface area contributed by atoms with Crippen LogP contribution in [0.15, 0.2) is 131 Å². The topological polar surface area (TPSA) is 84.4 Å². The minimum absolute atomic E-state index is 0.127. The van der Waals surface area contributed by atoms with Crippen molar-refractivity contribution < 1.29 is 16.8 Å². The molecule has 0 aliphatic carbocycles. The average molecular weight is 556 g/mol. The van der Waals surface area contributed by atoms with Gasteiger partial charge in [0.25, 0.3) is 0 Å². The molecule has 6 nitrogen and oxygen atoms in total. The molecule has 0 amide bonds. The first-order valence-electron chi connectivity index (χ1n) is 10.1. The van der Waals surface area contributed by atoms with Crippen LogP contribution in [0.25, 0.3) is 4.47 Å². The molecule has 4 aromatic rings. The van der Waals surface area contributed by atoms with Crippen LogP contribution < -0.4 is 4.46 Å². The van der Waals surface area contributed by atoms with E-state index in [0.29, 0.717) is 13.9 Å². The Bertz CT molecular complexity index is 1410. The number of hydrogen-bond donors (Lipinski definition) is 0. The van der Waals surface area contributed by atoms with Crippen molar-refractivity contribution in [1.82, 2.24) is 8.69 Å². The molecule has 172 valence electrons. The number of hydrogen-bond acceptors (Lipinski definition) is 5. The monoisotopic (exact) mass is 556 g/mol. The van der Waals surface area contributed by atoms with Crippen molar-refractivity contribution in [2.45, 2.75) is 9.79 Å². The van der Waals surface area contributed by atoms with Gasteiger partial charge in [0, 0.05) is 0 Å². The second-order valence-electron chi connectivity index (χ2n) is 6.99. The van der Waals surface area contributed by atoms with E-state index in [-0.39, 0.29) is 9.79 Å². The quantitative estimate of drug-likeness (QED) is 0.311. The van der Waals surface area contributed by atoms with Gasteiger partial charge in [0.1, 0.15) is 0 Å². The van der Waals surface area contributed by atoms with Crippen LogP contribution in [0.3, 0.4) is 0 Å². The number of rotatable bonds is 8. The molecule has 3 aromatic carbocycles. The van der Waals surface area contributed by atoms with E-state index in [1.165, 1.54) is 30.5 Å². The Kier molecular flexibility index (Phi) is 7.29. The van der Waals surface area contributed by atoms with Crippen LogP contribution in [0.5, 0.6) is 0 Å². The van der Waals surface area contributed by atoms with Gasteiger partial charge >= 0.3 is 207 Å². The van der Waals surface area contributed by atoms with E-state index in [9.17, 15) is 16.8 Å². The van der Waals surface area contributed by atoms with Gasteiger partial charge < -0.3 is 0 Å². The maximum atomic E-state index is 13.7. The summed E-state index contributed by atoms with van der Waals surface area (Å²) in [6, 6.07) is 29.8. The summed E-state index contributed by atoms with van der Waals surface area (Å²) in [7, 11) is -8.90. The molecule has 0 aliphatic rings. The number of sulfonamides is 2. The normalized spacial score (nSPS) is 12.3. The first-order chi connectivity index (χ1) is 16.4. The summed E-state index contributed by atoms with van der Waals surface area (Å²) in [6.45, 7) is 0. The van der Waals surface area contributed by atoms with Crippen molar-refractivity contribution in [3.8, 4) is 0 Å². The second kappa shape index (κ2) is 10.4. The molecular weight excluding hydrogens is 535 g/mol. The number of nitrogens with zero attached hydrogens (tertiary/aromatic N) is 2.